The second-order valence-corrected chi connectivity index (χ2v) is 0. The predicted octanol–water partition coefficient (Wildman–Crippen LogP) is -1.68. The number of rotatable bonds is 0. The van der Waals surface area contributed by atoms with E-state index in [1.807, 2.05) is 0 Å². The van der Waals surface area contributed by atoms with E-state index < -0.39 is 0 Å². The zero-order chi connectivity index (χ0) is 2.00. The van der Waals surface area contributed by atoms with Crippen molar-refractivity contribution in [3.05, 3.63) is 0 Å². The minimum absolute atomic E-state index is 0. The first-order chi connectivity index (χ1) is 1.00. The van der Waals surface area contributed by atoms with Gasteiger partial charge < -0.3 is 0 Å². The SMILES string of the molecule is [Ce].[InH3].[O]=[Sn]. The molecule has 20 valence electrons. The van der Waals surface area contributed by atoms with Crippen LogP contribution in [0.2, 0.25) is 0 Å². The quantitative estimate of drug-likeness (QED) is 0.450. The summed E-state index contributed by atoms with van der Waals surface area (Å²) in [6.07, 6.45) is 0. The summed E-state index contributed by atoms with van der Waals surface area (Å²) in [5.74, 6) is 0. The summed E-state index contributed by atoms with van der Waals surface area (Å²) < 4.78 is 8.34. The molecule has 0 aliphatic heterocycles. The summed E-state index contributed by atoms with van der Waals surface area (Å²) in [4.78, 5) is 0. The standard InChI is InChI=1S/Ce.In.O.Sn.3H. The molecule has 4 heavy (non-hydrogen) atoms. The molecule has 0 saturated carbocycles. The molecule has 4 heteroatoms. The molecule has 0 aromatic rings. The van der Waals surface area contributed by atoms with Gasteiger partial charge in [0.05, 0.1) is 0 Å². The van der Waals surface area contributed by atoms with Gasteiger partial charge in [0.2, 0.25) is 0 Å². The van der Waals surface area contributed by atoms with Crippen LogP contribution in [0.25, 0.3) is 0 Å². The van der Waals surface area contributed by atoms with Crippen molar-refractivity contribution >= 4 is 48.4 Å². The minimum atomic E-state index is 0. The van der Waals surface area contributed by atoms with Crippen LogP contribution in [-0.4, -0.2) is 48.4 Å². The van der Waals surface area contributed by atoms with Crippen LogP contribution in [0.1, 0.15) is 0 Å². The van der Waals surface area contributed by atoms with Gasteiger partial charge in [-0.25, -0.2) is 0 Å². The van der Waals surface area contributed by atoms with Gasteiger partial charge in [-0.15, -0.1) is 0 Å². The first kappa shape index (κ1) is 15.8. The average molecular weight is 393 g/mol. The summed E-state index contributed by atoms with van der Waals surface area (Å²) in [5.41, 5.74) is 0. The molecule has 0 rings (SSSR count). The van der Waals surface area contributed by atoms with Gasteiger partial charge >= 0.3 is 51.4 Å². The fourth-order valence-electron chi connectivity index (χ4n) is 0. The summed E-state index contributed by atoms with van der Waals surface area (Å²) in [6.45, 7) is 0. The van der Waals surface area contributed by atoms with Crippen LogP contribution >= 0.6 is 0 Å². The normalized spacial score (nSPS) is 1.00. The van der Waals surface area contributed by atoms with Crippen molar-refractivity contribution < 1.29 is 44.8 Å². The van der Waals surface area contributed by atoms with Gasteiger partial charge in [0.15, 0.2) is 0 Å². The van der Waals surface area contributed by atoms with E-state index in [0.717, 1.165) is 0 Å². The van der Waals surface area contributed by atoms with Crippen molar-refractivity contribution in [2.45, 2.75) is 0 Å². The average Bonchev–Trinajstić information content (AvgIpc) is 1.00. The molecule has 0 saturated heterocycles. The van der Waals surface area contributed by atoms with Gasteiger partial charge in [-0.2, -0.15) is 0 Å². The molecule has 0 fully saturated rings. The van der Waals surface area contributed by atoms with E-state index in [1.54, 1.807) is 0 Å². The Morgan fingerprint density at radius 3 is 1.25 bits per heavy atom. The van der Waals surface area contributed by atoms with Crippen molar-refractivity contribution in [2.75, 3.05) is 0 Å². The summed E-state index contributed by atoms with van der Waals surface area (Å²) in [7, 11) is 0. The van der Waals surface area contributed by atoms with Crippen molar-refractivity contribution in [1.29, 1.82) is 0 Å². The maximum atomic E-state index is 8.34. The topological polar surface area (TPSA) is 17.1 Å². The first-order valence-corrected chi connectivity index (χ1v) is 1.37. The molecule has 0 bridgehead atoms. The Morgan fingerprint density at radius 1 is 1.25 bits per heavy atom. The Hall–Kier alpha value is 2.85. The van der Waals surface area contributed by atoms with E-state index in [9.17, 15) is 0 Å². The predicted molar refractivity (Wildman–Crippen MR) is 16.4 cm³/mol. The molecular formula is H3CeInOSn. The van der Waals surface area contributed by atoms with Gasteiger partial charge in [0, 0.05) is 41.7 Å². The summed E-state index contributed by atoms with van der Waals surface area (Å²) >= 11 is 0.300. The Labute approximate surface area is 90.9 Å². The second-order valence-electron chi connectivity index (χ2n) is 0. The van der Waals surface area contributed by atoms with E-state index in [-0.39, 0.29) is 67.6 Å². The molecule has 0 N–H and O–H groups in total. The van der Waals surface area contributed by atoms with Crippen LogP contribution in [0.4, 0.5) is 0 Å². The third-order valence-electron chi connectivity index (χ3n) is 0. The molecule has 0 aliphatic carbocycles. The van der Waals surface area contributed by atoms with Crippen LogP contribution in [0.15, 0.2) is 0 Å². The molecule has 0 aromatic carbocycles. The third-order valence-corrected chi connectivity index (χ3v) is 0. The number of hydrogen-bond acceptors (Lipinski definition) is 1. The summed E-state index contributed by atoms with van der Waals surface area (Å²) in [5, 5.41) is 0. The Bertz CT molecular complexity index is 8.00. The third kappa shape index (κ3) is 8.85. The van der Waals surface area contributed by atoms with Crippen LogP contribution in [0.3, 0.4) is 0 Å². The van der Waals surface area contributed by atoms with Crippen molar-refractivity contribution in [1.82, 2.24) is 0 Å². The van der Waals surface area contributed by atoms with E-state index in [0.29, 0.717) is 22.5 Å². The van der Waals surface area contributed by atoms with Gasteiger partial charge in [0.25, 0.3) is 0 Å². The van der Waals surface area contributed by atoms with Crippen LogP contribution in [0.5, 0.6) is 0 Å². The molecule has 0 aliphatic rings. The van der Waals surface area contributed by atoms with E-state index in [2.05, 4.69) is 0 Å². The molecule has 0 spiro atoms. The van der Waals surface area contributed by atoms with Crippen LogP contribution < -0.4 is 0 Å². The summed E-state index contributed by atoms with van der Waals surface area (Å²) in [6, 6.07) is 0. The first-order valence-electron chi connectivity index (χ1n) is 0.204. The Morgan fingerprint density at radius 2 is 1.25 bits per heavy atom. The number of hydrogen-bond donors (Lipinski definition) is 0. The fraction of sp³-hybridized carbons (Fsp3) is 0. The zero-order valence-electron chi connectivity index (χ0n) is 1.41. The molecule has 0 amide bonds. The van der Waals surface area contributed by atoms with E-state index >= 15 is 0 Å². The van der Waals surface area contributed by atoms with Gasteiger partial charge in [-0.1, -0.05) is 0 Å². The van der Waals surface area contributed by atoms with Gasteiger partial charge in [0.1, 0.15) is 0 Å². The molecule has 1 nitrogen and oxygen atoms in total. The van der Waals surface area contributed by atoms with E-state index in [1.165, 1.54) is 0 Å². The molecule has 2 radical (unpaired) electrons. The zero-order valence-corrected chi connectivity index (χ0v) is 7.40. The molecule has 0 unspecified atom stereocenters. The monoisotopic (exact) mass is 394 g/mol. The maximum absolute atomic E-state index is 8.34. The van der Waals surface area contributed by atoms with Crippen molar-refractivity contribution in [3.8, 4) is 0 Å². The molecule has 0 atom stereocenters. The van der Waals surface area contributed by atoms with Crippen molar-refractivity contribution in [3.63, 3.8) is 0 Å². The van der Waals surface area contributed by atoms with Gasteiger partial charge in [-0.05, 0) is 0 Å². The van der Waals surface area contributed by atoms with Crippen molar-refractivity contribution in [2.24, 2.45) is 0 Å². The van der Waals surface area contributed by atoms with Gasteiger partial charge in [-0.3, -0.25) is 0 Å². The van der Waals surface area contributed by atoms with Crippen LogP contribution in [0, 0.1) is 41.7 Å². The molecule has 0 aromatic heterocycles. The molecule has 0 heterocycles. The molecular weight excluding hydrogens is 390 g/mol. The second kappa shape index (κ2) is 17.0. The van der Waals surface area contributed by atoms with Crippen LogP contribution in [-0.2, 0) is 3.08 Å². The fourth-order valence-corrected chi connectivity index (χ4v) is 0. The Kier molecular flexibility index (Phi) is 67.0. The Balaban J connectivity index is -0.00000000500. The van der Waals surface area contributed by atoms with E-state index in [4.69, 9.17) is 3.08 Å².